The van der Waals surface area contributed by atoms with Gasteiger partial charge in [-0.1, -0.05) is 40.5 Å². The van der Waals surface area contributed by atoms with E-state index < -0.39 is 10.9 Å². The Balaban J connectivity index is 2.54. The first-order chi connectivity index (χ1) is 9.51. The molecule has 1 aromatic carbocycles. The maximum Gasteiger partial charge on any atom is 0.275 e. The molecule has 0 fully saturated rings. The molecule has 4 nitrogen and oxygen atoms in total. The summed E-state index contributed by atoms with van der Waals surface area (Å²) in [6, 6.07) is 0. The number of hydrogen-bond acceptors (Lipinski definition) is 4. The maximum atomic E-state index is 11.5. The molecule has 0 aromatic heterocycles. The highest BCUT2D eigenvalue weighted by atomic mass is 16.5. The first-order valence-electron chi connectivity index (χ1n) is 7.60. The van der Waals surface area contributed by atoms with Crippen molar-refractivity contribution in [3.8, 4) is 11.5 Å². The molecule has 0 aliphatic heterocycles. The minimum atomic E-state index is -0.549. The summed E-state index contributed by atoms with van der Waals surface area (Å²) >= 11 is 0. The van der Waals surface area contributed by atoms with Gasteiger partial charge in [-0.25, -0.2) is 0 Å². The predicted molar refractivity (Wildman–Crippen MR) is 80.5 cm³/mol. The van der Waals surface area contributed by atoms with Gasteiger partial charge in [-0.3, -0.25) is 9.59 Å². The van der Waals surface area contributed by atoms with E-state index in [4.69, 9.17) is 9.47 Å². The molecule has 0 saturated carbocycles. The second-order valence-electron chi connectivity index (χ2n) is 5.73. The fourth-order valence-electron chi connectivity index (χ4n) is 2.22. The zero-order chi connectivity index (χ0) is 15.1. The van der Waals surface area contributed by atoms with Crippen molar-refractivity contribution in [1.29, 1.82) is 0 Å². The number of ether oxygens (including phenoxy) is 2. The maximum absolute atomic E-state index is 11.5. The summed E-state index contributed by atoms with van der Waals surface area (Å²) in [5.41, 5.74) is -1.10. The molecule has 0 radical (unpaired) electrons. The van der Waals surface area contributed by atoms with E-state index in [1.807, 2.05) is 0 Å². The van der Waals surface area contributed by atoms with E-state index in [0.717, 1.165) is 25.7 Å². The molecule has 0 spiro atoms. The van der Waals surface area contributed by atoms with Crippen LogP contribution in [0.1, 0.15) is 53.4 Å². The number of hydrogen-bond donors (Lipinski definition) is 0. The van der Waals surface area contributed by atoms with Crippen molar-refractivity contribution in [2.75, 3.05) is 13.2 Å². The monoisotopic (exact) mass is 282 g/mol. The molecular formula is C16H26O4. The second-order valence-corrected chi connectivity index (χ2v) is 5.73. The number of rotatable bonds is 10. The highest BCUT2D eigenvalue weighted by molar-refractivity contribution is 5.45. The van der Waals surface area contributed by atoms with Gasteiger partial charge in [0.15, 0.2) is 0 Å². The predicted octanol–water partition coefficient (Wildman–Crippen LogP) is 2.91. The summed E-state index contributed by atoms with van der Waals surface area (Å²) < 4.78 is 10.9. The lowest BCUT2D eigenvalue weighted by atomic mass is 10.1. The third-order valence-corrected chi connectivity index (χ3v) is 3.41. The van der Waals surface area contributed by atoms with E-state index in [2.05, 4.69) is 27.7 Å². The molecule has 0 aliphatic rings. The van der Waals surface area contributed by atoms with Crippen LogP contribution < -0.4 is 20.3 Å². The quantitative estimate of drug-likeness (QED) is 0.619. The first kappa shape index (κ1) is 16.7. The molecule has 0 aliphatic carbocycles. The van der Waals surface area contributed by atoms with Gasteiger partial charge in [0.2, 0.25) is 11.5 Å². The third-order valence-electron chi connectivity index (χ3n) is 3.41. The standard InChI is InChI=1S/C16H26O4/c1-5-7-11(3)9-19-15-13(17)14(18)16(15)20-10-12(4)8-6-2/h11-12H,5-10H2,1-4H3. The van der Waals surface area contributed by atoms with Crippen LogP contribution in [-0.2, 0) is 0 Å². The van der Waals surface area contributed by atoms with Crippen molar-refractivity contribution < 1.29 is 9.47 Å². The Morgan fingerprint density at radius 2 is 1.15 bits per heavy atom. The lowest BCUT2D eigenvalue weighted by Crippen LogP contribution is -2.35. The Hall–Kier alpha value is -1.32. The third kappa shape index (κ3) is 4.36. The van der Waals surface area contributed by atoms with E-state index in [0.29, 0.717) is 25.0 Å². The SMILES string of the molecule is CCCC(C)COc1c(OCC(C)CCC)c(=O)c1=O. The average molecular weight is 282 g/mol. The van der Waals surface area contributed by atoms with Gasteiger partial charge in [-0.15, -0.1) is 0 Å². The van der Waals surface area contributed by atoms with Crippen molar-refractivity contribution in [1.82, 2.24) is 0 Å². The van der Waals surface area contributed by atoms with Crippen LogP contribution in [0.4, 0.5) is 0 Å². The van der Waals surface area contributed by atoms with E-state index in [1.54, 1.807) is 0 Å². The largest absolute Gasteiger partial charge is 0.486 e. The van der Waals surface area contributed by atoms with Gasteiger partial charge < -0.3 is 9.47 Å². The van der Waals surface area contributed by atoms with Crippen molar-refractivity contribution in [2.24, 2.45) is 11.8 Å². The Labute approximate surface area is 120 Å². The van der Waals surface area contributed by atoms with Crippen molar-refractivity contribution in [2.45, 2.75) is 53.4 Å². The topological polar surface area (TPSA) is 52.6 Å². The van der Waals surface area contributed by atoms with Crippen LogP contribution in [0.25, 0.3) is 0 Å². The molecule has 0 amide bonds. The second kappa shape index (κ2) is 8.08. The van der Waals surface area contributed by atoms with Crippen LogP contribution in [0, 0.1) is 11.8 Å². The van der Waals surface area contributed by atoms with E-state index >= 15 is 0 Å². The summed E-state index contributed by atoms with van der Waals surface area (Å²) in [7, 11) is 0. The fourth-order valence-corrected chi connectivity index (χ4v) is 2.22. The Kier molecular flexibility index (Phi) is 6.76. The molecule has 1 aromatic rings. The van der Waals surface area contributed by atoms with Gasteiger partial charge >= 0.3 is 0 Å². The molecule has 2 unspecified atom stereocenters. The van der Waals surface area contributed by atoms with Gasteiger partial charge in [0.25, 0.3) is 10.9 Å². The molecule has 20 heavy (non-hydrogen) atoms. The summed E-state index contributed by atoms with van der Waals surface area (Å²) in [6.07, 6.45) is 4.24. The van der Waals surface area contributed by atoms with Crippen LogP contribution in [0.2, 0.25) is 0 Å². The summed E-state index contributed by atoms with van der Waals surface area (Å²) in [4.78, 5) is 23.0. The molecule has 2 atom stereocenters. The normalized spacial score (nSPS) is 14.2. The minimum absolute atomic E-state index is 0.127. The summed E-state index contributed by atoms with van der Waals surface area (Å²) in [5.74, 6) is 0.996. The molecule has 0 bridgehead atoms. The smallest absolute Gasteiger partial charge is 0.275 e. The molecule has 0 heterocycles. The van der Waals surface area contributed by atoms with E-state index in [9.17, 15) is 9.59 Å². The first-order valence-corrected chi connectivity index (χ1v) is 7.60. The van der Waals surface area contributed by atoms with Crippen LogP contribution >= 0.6 is 0 Å². The Bertz CT molecular complexity index is 427. The van der Waals surface area contributed by atoms with Crippen LogP contribution in [0.15, 0.2) is 9.59 Å². The summed E-state index contributed by atoms with van der Waals surface area (Å²) in [5, 5.41) is 0. The lowest BCUT2D eigenvalue weighted by Gasteiger charge is -2.17. The van der Waals surface area contributed by atoms with E-state index in [-0.39, 0.29) is 11.5 Å². The van der Waals surface area contributed by atoms with Gasteiger partial charge in [-0.05, 0) is 24.7 Å². The van der Waals surface area contributed by atoms with Crippen LogP contribution in [0.5, 0.6) is 11.5 Å². The van der Waals surface area contributed by atoms with Crippen LogP contribution in [0.3, 0.4) is 0 Å². The van der Waals surface area contributed by atoms with E-state index in [1.165, 1.54) is 0 Å². The van der Waals surface area contributed by atoms with Crippen molar-refractivity contribution in [3.05, 3.63) is 20.4 Å². The molecule has 114 valence electrons. The van der Waals surface area contributed by atoms with Gasteiger partial charge in [0.1, 0.15) is 0 Å². The van der Waals surface area contributed by atoms with Crippen molar-refractivity contribution in [3.63, 3.8) is 0 Å². The summed E-state index contributed by atoms with van der Waals surface area (Å²) in [6.45, 7) is 9.27. The highest BCUT2D eigenvalue weighted by Crippen LogP contribution is 2.22. The highest BCUT2D eigenvalue weighted by Gasteiger charge is 2.25. The Morgan fingerprint density at radius 3 is 1.45 bits per heavy atom. The fraction of sp³-hybridized carbons (Fsp3) is 0.750. The zero-order valence-electron chi connectivity index (χ0n) is 13.0. The zero-order valence-corrected chi connectivity index (χ0v) is 13.0. The molecule has 0 saturated heterocycles. The minimum Gasteiger partial charge on any atom is -0.486 e. The lowest BCUT2D eigenvalue weighted by molar-refractivity contribution is 0.205. The van der Waals surface area contributed by atoms with Crippen LogP contribution in [-0.4, -0.2) is 13.2 Å². The Morgan fingerprint density at radius 1 is 0.800 bits per heavy atom. The molecular weight excluding hydrogens is 256 g/mol. The van der Waals surface area contributed by atoms with Gasteiger partial charge in [-0.2, -0.15) is 0 Å². The van der Waals surface area contributed by atoms with Gasteiger partial charge in [0.05, 0.1) is 13.2 Å². The molecule has 0 N–H and O–H groups in total. The van der Waals surface area contributed by atoms with Gasteiger partial charge in [0, 0.05) is 0 Å². The molecule has 1 rings (SSSR count). The van der Waals surface area contributed by atoms with Crippen molar-refractivity contribution >= 4 is 0 Å². The average Bonchev–Trinajstić information content (AvgIpc) is 2.41. The molecule has 4 heteroatoms.